The van der Waals surface area contributed by atoms with E-state index in [1.165, 1.54) is 0 Å². The van der Waals surface area contributed by atoms with Gasteiger partial charge >= 0.3 is 5.97 Å². The highest BCUT2D eigenvalue weighted by Crippen LogP contribution is 2.31. The van der Waals surface area contributed by atoms with E-state index in [1.807, 2.05) is 41.0 Å². The molecule has 1 amide bonds. The Hall–Kier alpha value is -3.09. The zero-order valence-corrected chi connectivity index (χ0v) is 15.1. The van der Waals surface area contributed by atoms with Crippen molar-refractivity contribution in [3.8, 4) is 0 Å². The molecular weight excluding hydrogens is 346 g/mol. The van der Waals surface area contributed by atoms with Crippen molar-refractivity contribution in [2.75, 3.05) is 13.2 Å². The van der Waals surface area contributed by atoms with Crippen LogP contribution in [0.2, 0.25) is 0 Å². The van der Waals surface area contributed by atoms with Crippen LogP contribution in [0.25, 0.3) is 11.0 Å². The minimum atomic E-state index is -0.307. The molecule has 0 aliphatic carbocycles. The molecule has 1 aromatic carbocycles. The number of nitrogens with zero attached hydrogens (tertiary/aromatic N) is 3. The predicted octanol–water partition coefficient (Wildman–Crippen LogP) is 2.71. The molecular formula is C20H21N3O4. The van der Waals surface area contributed by atoms with E-state index < -0.39 is 0 Å². The van der Waals surface area contributed by atoms with Crippen molar-refractivity contribution in [3.05, 3.63) is 54.2 Å². The highest BCUT2D eigenvalue weighted by atomic mass is 16.5. The van der Waals surface area contributed by atoms with Crippen LogP contribution in [0.15, 0.2) is 47.1 Å². The molecule has 0 spiro atoms. The van der Waals surface area contributed by atoms with Gasteiger partial charge in [0.05, 0.1) is 30.4 Å². The van der Waals surface area contributed by atoms with Crippen molar-refractivity contribution in [1.82, 2.24) is 14.5 Å². The van der Waals surface area contributed by atoms with Gasteiger partial charge in [-0.1, -0.05) is 12.1 Å². The molecule has 0 saturated carbocycles. The molecule has 0 bridgehead atoms. The summed E-state index contributed by atoms with van der Waals surface area (Å²) in [4.78, 5) is 31.1. The SMILES string of the molecule is CCOC(=O)Cn1c(C2CC(=O)N(Cc3ccco3)C2)nc2ccccc21. The first-order valence-electron chi connectivity index (χ1n) is 9.06. The summed E-state index contributed by atoms with van der Waals surface area (Å²) in [7, 11) is 0. The number of likely N-dealkylation sites (tertiary alicyclic amines) is 1. The summed E-state index contributed by atoms with van der Waals surface area (Å²) < 4.78 is 12.4. The van der Waals surface area contributed by atoms with Crippen LogP contribution in [0.5, 0.6) is 0 Å². The quantitative estimate of drug-likeness (QED) is 0.626. The number of hydrogen-bond donors (Lipinski definition) is 0. The molecule has 1 atom stereocenters. The lowest BCUT2D eigenvalue weighted by Crippen LogP contribution is -2.24. The Bertz CT molecular complexity index is 961. The third kappa shape index (κ3) is 3.45. The summed E-state index contributed by atoms with van der Waals surface area (Å²) in [6.07, 6.45) is 1.97. The first-order valence-corrected chi connectivity index (χ1v) is 9.06. The number of esters is 1. The third-order valence-electron chi connectivity index (χ3n) is 4.78. The Balaban J connectivity index is 1.62. The minimum Gasteiger partial charge on any atom is -0.467 e. The summed E-state index contributed by atoms with van der Waals surface area (Å²) >= 11 is 0. The number of furan rings is 1. The summed E-state index contributed by atoms with van der Waals surface area (Å²) in [6, 6.07) is 11.3. The summed E-state index contributed by atoms with van der Waals surface area (Å²) in [5, 5.41) is 0. The van der Waals surface area contributed by atoms with Crippen molar-refractivity contribution in [2.45, 2.75) is 32.4 Å². The average molecular weight is 367 g/mol. The fourth-order valence-electron chi connectivity index (χ4n) is 3.60. The zero-order chi connectivity index (χ0) is 18.8. The number of benzene rings is 1. The van der Waals surface area contributed by atoms with Crippen LogP contribution in [0.4, 0.5) is 0 Å². The number of ether oxygens (including phenoxy) is 1. The molecule has 2 aromatic heterocycles. The number of carbonyl (C=O) groups is 2. The molecule has 7 heteroatoms. The van der Waals surface area contributed by atoms with Gasteiger partial charge in [0.1, 0.15) is 18.1 Å². The molecule has 7 nitrogen and oxygen atoms in total. The van der Waals surface area contributed by atoms with Crippen LogP contribution in [0, 0.1) is 0 Å². The standard InChI is InChI=1S/C20H21N3O4/c1-2-26-19(25)13-23-17-8-4-3-7-16(17)21-20(23)14-10-18(24)22(11-14)12-15-6-5-9-27-15/h3-9,14H,2,10-13H2,1H3. The monoisotopic (exact) mass is 367 g/mol. The maximum atomic E-state index is 12.5. The molecule has 1 fully saturated rings. The van der Waals surface area contributed by atoms with E-state index in [2.05, 4.69) is 0 Å². The van der Waals surface area contributed by atoms with E-state index in [0.717, 1.165) is 22.6 Å². The fraction of sp³-hybridized carbons (Fsp3) is 0.350. The van der Waals surface area contributed by atoms with Gasteiger partial charge in [-0.15, -0.1) is 0 Å². The maximum Gasteiger partial charge on any atom is 0.326 e. The smallest absolute Gasteiger partial charge is 0.326 e. The van der Waals surface area contributed by atoms with Gasteiger partial charge in [-0.05, 0) is 31.2 Å². The second-order valence-electron chi connectivity index (χ2n) is 6.60. The molecule has 3 heterocycles. The number of aromatic nitrogens is 2. The van der Waals surface area contributed by atoms with Crippen LogP contribution in [-0.2, 0) is 27.4 Å². The molecule has 1 unspecified atom stereocenters. The summed E-state index contributed by atoms with van der Waals surface area (Å²) in [5.41, 5.74) is 1.69. The van der Waals surface area contributed by atoms with Crippen molar-refractivity contribution < 1.29 is 18.7 Å². The molecule has 4 rings (SSSR count). The number of rotatable bonds is 6. The number of imidazole rings is 1. The lowest BCUT2D eigenvalue weighted by Gasteiger charge is -2.16. The second kappa shape index (κ2) is 7.26. The lowest BCUT2D eigenvalue weighted by molar-refractivity contribution is -0.143. The van der Waals surface area contributed by atoms with Gasteiger partial charge in [-0.25, -0.2) is 4.98 Å². The highest BCUT2D eigenvalue weighted by molar-refractivity contribution is 5.82. The number of carbonyl (C=O) groups excluding carboxylic acids is 2. The average Bonchev–Trinajstić information content (AvgIpc) is 3.36. The predicted molar refractivity (Wildman–Crippen MR) is 97.8 cm³/mol. The fourth-order valence-corrected chi connectivity index (χ4v) is 3.60. The Morgan fingerprint density at radius 2 is 2.15 bits per heavy atom. The van der Waals surface area contributed by atoms with E-state index >= 15 is 0 Å². The van der Waals surface area contributed by atoms with Gasteiger partial charge in [0.25, 0.3) is 0 Å². The summed E-state index contributed by atoms with van der Waals surface area (Å²) in [5.74, 6) is 1.18. The van der Waals surface area contributed by atoms with Gasteiger partial charge in [0.15, 0.2) is 0 Å². The maximum absolute atomic E-state index is 12.5. The van der Waals surface area contributed by atoms with Crippen LogP contribution < -0.4 is 0 Å². The normalized spacial score (nSPS) is 17.0. The van der Waals surface area contributed by atoms with Crippen molar-refractivity contribution in [2.24, 2.45) is 0 Å². The molecule has 1 aliphatic rings. The first-order chi connectivity index (χ1) is 13.2. The molecule has 1 aliphatic heterocycles. The van der Waals surface area contributed by atoms with Gasteiger partial charge in [-0.3, -0.25) is 9.59 Å². The Morgan fingerprint density at radius 3 is 2.93 bits per heavy atom. The molecule has 3 aromatic rings. The zero-order valence-electron chi connectivity index (χ0n) is 15.1. The highest BCUT2D eigenvalue weighted by Gasteiger charge is 2.34. The lowest BCUT2D eigenvalue weighted by atomic mass is 10.1. The van der Waals surface area contributed by atoms with E-state index in [0.29, 0.717) is 26.1 Å². The van der Waals surface area contributed by atoms with Crippen LogP contribution in [0.3, 0.4) is 0 Å². The molecule has 0 N–H and O–H groups in total. The largest absolute Gasteiger partial charge is 0.467 e. The molecule has 0 radical (unpaired) electrons. The third-order valence-corrected chi connectivity index (χ3v) is 4.78. The Labute approximate surface area is 156 Å². The molecule has 140 valence electrons. The van der Waals surface area contributed by atoms with Crippen molar-refractivity contribution in [3.63, 3.8) is 0 Å². The number of amides is 1. The Kier molecular flexibility index (Phi) is 4.66. The van der Waals surface area contributed by atoms with Crippen LogP contribution in [0.1, 0.15) is 30.8 Å². The van der Waals surface area contributed by atoms with Gasteiger partial charge in [-0.2, -0.15) is 0 Å². The van der Waals surface area contributed by atoms with Crippen molar-refractivity contribution in [1.29, 1.82) is 0 Å². The van der Waals surface area contributed by atoms with E-state index in [-0.39, 0.29) is 24.3 Å². The van der Waals surface area contributed by atoms with Gasteiger partial charge < -0.3 is 18.6 Å². The van der Waals surface area contributed by atoms with Gasteiger partial charge in [0.2, 0.25) is 5.91 Å². The van der Waals surface area contributed by atoms with E-state index in [1.54, 1.807) is 18.1 Å². The van der Waals surface area contributed by atoms with Crippen LogP contribution in [-0.4, -0.2) is 39.5 Å². The number of para-hydroxylation sites is 2. The van der Waals surface area contributed by atoms with E-state index in [9.17, 15) is 9.59 Å². The van der Waals surface area contributed by atoms with Crippen LogP contribution >= 0.6 is 0 Å². The molecule has 1 saturated heterocycles. The molecule has 27 heavy (non-hydrogen) atoms. The van der Waals surface area contributed by atoms with Gasteiger partial charge in [0, 0.05) is 18.9 Å². The number of fused-ring (bicyclic) bond motifs is 1. The van der Waals surface area contributed by atoms with Crippen molar-refractivity contribution >= 4 is 22.9 Å². The first kappa shape index (κ1) is 17.3. The summed E-state index contributed by atoms with van der Waals surface area (Å²) in [6.45, 7) is 3.20. The van der Waals surface area contributed by atoms with E-state index in [4.69, 9.17) is 14.1 Å². The minimum absolute atomic E-state index is 0.0612. The Morgan fingerprint density at radius 1 is 1.30 bits per heavy atom. The second-order valence-corrected chi connectivity index (χ2v) is 6.60. The topological polar surface area (TPSA) is 77.6 Å². The number of hydrogen-bond acceptors (Lipinski definition) is 5.